The highest BCUT2D eigenvalue weighted by Crippen LogP contribution is 2.25. The second kappa shape index (κ2) is 7.87. The Morgan fingerprint density at radius 3 is 2.59 bits per heavy atom. The number of carbonyl (C=O) groups is 1. The molecule has 0 spiro atoms. The second-order valence-corrected chi connectivity index (χ2v) is 7.43. The van der Waals surface area contributed by atoms with Crippen molar-refractivity contribution in [3.63, 3.8) is 0 Å². The van der Waals surface area contributed by atoms with Crippen molar-refractivity contribution < 1.29 is 4.79 Å². The third-order valence-electron chi connectivity index (χ3n) is 4.24. The molecule has 0 saturated heterocycles. The molecule has 4 rings (SSSR count). The summed E-state index contributed by atoms with van der Waals surface area (Å²) in [6.45, 7) is 1.95. The van der Waals surface area contributed by atoms with E-state index in [2.05, 4.69) is 25.9 Å². The van der Waals surface area contributed by atoms with Gasteiger partial charge in [0.25, 0.3) is 5.91 Å². The molecule has 0 fully saturated rings. The molecule has 1 amide bonds. The van der Waals surface area contributed by atoms with E-state index in [9.17, 15) is 4.79 Å². The SMILES string of the molecule is Cc1ccc(Cl)cc1-n1ncc2c(NNC(=O)c3ccc(Cl)cc3Cl)ncnc21. The molecule has 2 aromatic heterocycles. The van der Waals surface area contributed by atoms with Gasteiger partial charge in [0.2, 0.25) is 0 Å². The molecule has 7 nitrogen and oxygen atoms in total. The number of halogens is 3. The van der Waals surface area contributed by atoms with Crippen LogP contribution in [0, 0.1) is 6.92 Å². The van der Waals surface area contributed by atoms with Crippen LogP contribution in [0.4, 0.5) is 5.82 Å². The fraction of sp³-hybridized carbons (Fsp3) is 0.0526. The second-order valence-electron chi connectivity index (χ2n) is 6.15. The molecule has 0 aliphatic rings. The smallest absolute Gasteiger partial charge is 0.271 e. The summed E-state index contributed by atoms with van der Waals surface area (Å²) in [4.78, 5) is 20.9. The van der Waals surface area contributed by atoms with Crippen LogP contribution in [0.3, 0.4) is 0 Å². The lowest BCUT2D eigenvalue weighted by atomic mass is 10.2. The number of rotatable bonds is 4. The first-order valence-electron chi connectivity index (χ1n) is 8.40. The number of anilines is 1. The number of benzene rings is 2. The van der Waals surface area contributed by atoms with Crippen LogP contribution in [0.2, 0.25) is 15.1 Å². The fourth-order valence-electron chi connectivity index (χ4n) is 2.79. The van der Waals surface area contributed by atoms with E-state index in [1.165, 1.54) is 18.5 Å². The Labute approximate surface area is 180 Å². The van der Waals surface area contributed by atoms with Crippen molar-refractivity contribution in [3.8, 4) is 5.69 Å². The third-order valence-corrected chi connectivity index (χ3v) is 5.02. The molecule has 0 radical (unpaired) electrons. The molecule has 146 valence electrons. The number of amides is 1. The number of hydrogen-bond acceptors (Lipinski definition) is 5. The maximum Gasteiger partial charge on any atom is 0.271 e. The number of aromatic nitrogens is 4. The van der Waals surface area contributed by atoms with Crippen molar-refractivity contribution in [1.29, 1.82) is 0 Å². The predicted molar refractivity (Wildman–Crippen MR) is 114 cm³/mol. The van der Waals surface area contributed by atoms with Gasteiger partial charge in [-0.25, -0.2) is 14.6 Å². The van der Waals surface area contributed by atoms with Gasteiger partial charge < -0.3 is 0 Å². The molecular formula is C19H13Cl3N6O. The van der Waals surface area contributed by atoms with Crippen LogP contribution in [-0.2, 0) is 0 Å². The zero-order valence-electron chi connectivity index (χ0n) is 14.9. The number of nitrogens with zero attached hydrogens (tertiary/aromatic N) is 4. The standard InChI is InChI=1S/C19H13Cl3N6O/c1-10-2-3-12(21)7-16(10)28-18-14(8-25-28)17(23-9-24-18)26-27-19(29)13-5-4-11(20)6-15(13)22/h2-9H,1H3,(H,27,29)(H,23,24,26). The Balaban J connectivity index is 1.63. The maximum atomic E-state index is 12.4. The van der Waals surface area contributed by atoms with E-state index >= 15 is 0 Å². The molecular weight excluding hydrogens is 435 g/mol. The fourth-order valence-corrected chi connectivity index (χ4v) is 3.45. The van der Waals surface area contributed by atoms with Gasteiger partial charge in [0.05, 0.1) is 27.9 Å². The molecule has 0 aliphatic carbocycles. The highest BCUT2D eigenvalue weighted by atomic mass is 35.5. The van der Waals surface area contributed by atoms with Crippen molar-refractivity contribution in [1.82, 2.24) is 25.2 Å². The largest absolute Gasteiger partial charge is 0.281 e. The zero-order valence-corrected chi connectivity index (χ0v) is 17.2. The lowest BCUT2D eigenvalue weighted by Crippen LogP contribution is -2.30. The van der Waals surface area contributed by atoms with Crippen molar-refractivity contribution in [3.05, 3.63) is 75.1 Å². The number of aryl methyl sites for hydroxylation is 1. The van der Waals surface area contributed by atoms with Gasteiger partial charge in [-0.2, -0.15) is 5.10 Å². The Morgan fingerprint density at radius 1 is 1.03 bits per heavy atom. The summed E-state index contributed by atoms with van der Waals surface area (Å²) in [5.41, 5.74) is 7.99. The number of fused-ring (bicyclic) bond motifs is 1. The van der Waals surface area contributed by atoms with Crippen molar-refractivity contribution in [2.24, 2.45) is 0 Å². The average molecular weight is 448 g/mol. The maximum absolute atomic E-state index is 12.4. The van der Waals surface area contributed by atoms with E-state index < -0.39 is 5.91 Å². The molecule has 10 heteroatoms. The van der Waals surface area contributed by atoms with E-state index in [4.69, 9.17) is 34.8 Å². The predicted octanol–water partition coefficient (Wildman–Crippen LogP) is 4.84. The summed E-state index contributed by atoms with van der Waals surface area (Å²) in [5.74, 6) is -0.0455. The van der Waals surface area contributed by atoms with Crippen LogP contribution < -0.4 is 10.9 Å². The van der Waals surface area contributed by atoms with Gasteiger partial charge in [0, 0.05) is 10.0 Å². The minimum absolute atomic E-state index is 0.244. The van der Waals surface area contributed by atoms with E-state index in [0.717, 1.165) is 11.3 Å². The Morgan fingerprint density at radius 2 is 1.79 bits per heavy atom. The molecule has 0 saturated carbocycles. The summed E-state index contributed by atoms with van der Waals surface area (Å²) < 4.78 is 1.67. The van der Waals surface area contributed by atoms with Crippen LogP contribution in [0.5, 0.6) is 0 Å². The van der Waals surface area contributed by atoms with Crippen LogP contribution in [0.1, 0.15) is 15.9 Å². The van der Waals surface area contributed by atoms with Gasteiger partial charge in [-0.15, -0.1) is 0 Å². The zero-order chi connectivity index (χ0) is 20.5. The quantitative estimate of drug-likeness (QED) is 0.437. The molecule has 0 unspecified atom stereocenters. The van der Waals surface area contributed by atoms with E-state index in [0.29, 0.717) is 26.9 Å². The Kier molecular flexibility index (Phi) is 5.27. The van der Waals surface area contributed by atoms with Gasteiger partial charge in [-0.3, -0.25) is 15.6 Å². The molecule has 0 bridgehead atoms. The number of hydrogen-bond donors (Lipinski definition) is 2. The van der Waals surface area contributed by atoms with Gasteiger partial charge in [0.1, 0.15) is 6.33 Å². The Hall–Kier alpha value is -2.87. The van der Waals surface area contributed by atoms with Crippen molar-refractivity contribution in [2.45, 2.75) is 6.92 Å². The van der Waals surface area contributed by atoms with E-state index in [1.807, 2.05) is 25.1 Å². The summed E-state index contributed by atoms with van der Waals surface area (Å²) >= 11 is 18.1. The molecule has 4 aromatic rings. The highest BCUT2D eigenvalue weighted by Gasteiger charge is 2.15. The third kappa shape index (κ3) is 3.85. The monoisotopic (exact) mass is 446 g/mol. The van der Waals surface area contributed by atoms with Gasteiger partial charge >= 0.3 is 0 Å². The first-order chi connectivity index (χ1) is 13.9. The molecule has 0 aliphatic heterocycles. The molecule has 2 N–H and O–H groups in total. The van der Waals surface area contributed by atoms with Crippen LogP contribution in [0.25, 0.3) is 16.7 Å². The highest BCUT2D eigenvalue weighted by molar-refractivity contribution is 6.36. The van der Waals surface area contributed by atoms with Crippen LogP contribution >= 0.6 is 34.8 Å². The van der Waals surface area contributed by atoms with Gasteiger partial charge in [-0.1, -0.05) is 40.9 Å². The molecule has 0 atom stereocenters. The van der Waals surface area contributed by atoms with E-state index in [-0.39, 0.29) is 10.6 Å². The lowest BCUT2D eigenvalue weighted by molar-refractivity contribution is 0.0962. The van der Waals surface area contributed by atoms with E-state index in [1.54, 1.807) is 16.9 Å². The topological polar surface area (TPSA) is 84.7 Å². The van der Waals surface area contributed by atoms with Crippen molar-refractivity contribution in [2.75, 3.05) is 5.43 Å². The number of carbonyl (C=O) groups excluding carboxylic acids is 1. The summed E-state index contributed by atoms with van der Waals surface area (Å²) in [7, 11) is 0. The summed E-state index contributed by atoms with van der Waals surface area (Å²) in [6.07, 6.45) is 2.99. The number of hydrazine groups is 1. The first-order valence-corrected chi connectivity index (χ1v) is 9.54. The minimum Gasteiger partial charge on any atom is -0.281 e. The Bertz CT molecular complexity index is 1240. The first kappa shape index (κ1) is 19.4. The van der Waals surface area contributed by atoms with Crippen molar-refractivity contribution >= 4 is 57.6 Å². The van der Waals surface area contributed by atoms with Gasteiger partial charge in [-0.05, 0) is 42.8 Å². The lowest BCUT2D eigenvalue weighted by Gasteiger charge is -2.10. The van der Waals surface area contributed by atoms with Crippen LogP contribution in [0.15, 0.2) is 48.9 Å². The molecule has 2 heterocycles. The molecule has 29 heavy (non-hydrogen) atoms. The summed E-state index contributed by atoms with van der Waals surface area (Å²) in [6, 6.07) is 10.1. The average Bonchev–Trinajstić information content (AvgIpc) is 3.12. The molecule has 2 aromatic carbocycles. The minimum atomic E-state index is -0.434. The normalized spacial score (nSPS) is 10.9. The number of nitrogens with one attached hydrogen (secondary N) is 2. The van der Waals surface area contributed by atoms with Crippen LogP contribution in [-0.4, -0.2) is 25.7 Å². The summed E-state index contributed by atoms with van der Waals surface area (Å²) in [5, 5.41) is 6.30. The van der Waals surface area contributed by atoms with Gasteiger partial charge in [0.15, 0.2) is 11.5 Å².